The van der Waals surface area contributed by atoms with Crippen LogP contribution in [0.5, 0.6) is 0 Å². The molecule has 0 atom stereocenters. The molecular formula is C36H21N3O. The van der Waals surface area contributed by atoms with Gasteiger partial charge >= 0.3 is 0 Å². The van der Waals surface area contributed by atoms with E-state index < -0.39 is 0 Å². The molecule has 5 aromatic carbocycles. The van der Waals surface area contributed by atoms with Crippen molar-refractivity contribution in [2.45, 2.75) is 0 Å². The summed E-state index contributed by atoms with van der Waals surface area (Å²) in [5, 5.41) is 15.0. The molecule has 0 fully saturated rings. The molecule has 0 aliphatic heterocycles. The number of hydrogen-bond acceptors (Lipinski definition) is 3. The van der Waals surface area contributed by atoms with E-state index in [1.54, 1.807) is 6.20 Å². The van der Waals surface area contributed by atoms with Crippen molar-refractivity contribution >= 4 is 43.7 Å². The molecule has 3 heterocycles. The maximum absolute atomic E-state index is 10.6. The molecule has 0 unspecified atom stereocenters. The molecular weight excluding hydrogens is 490 g/mol. The number of hydrogen-bond donors (Lipinski definition) is 0. The Hall–Kier alpha value is -5.66. The Labute approximate surface area is 230 Å². The van der Waals surface area contributed by atoms with Crippen molar-refractivity contribution in [3.63, 3.8) is 0 Å². The minimum Gasteiger partial charge on any atom is -0.456 e. The van der Waals surface area contributed by atoms with Crippen LogP contribution in [0.15, 0.2) is 132 Å². The summed E-state index contributed by atoms with van der Waals surface area (Å²) < 4.78 is 8.37. The minimum atomic E-state index is 0.597. The van der Waals surface area contributed by atoms with Crippen molar-refractivity contribution in [1.29, 1.82) is 5.26 Å². The predicted octanol–water partition coefficient (Wildman–Crippen LogP) is 9.28. The summed E-state index contributed by atoms with van der Waals surface area (Å²) in [6.07, 6.45) is 3.60. The second-order valence-electron chi connectivity index (χ2n) is 9.95. The third kappa shape index (κ3) is 3.28. The SMILES string of the molecule is N#Cc1cc(-c2cccnc2)cc(-c2ccc3oc4ccccc4c3c2)c1-n1c2ccccc2c2ccccc21. The van der Waals surface area contributed by atoms with Crippen molar-refractivity contribution in [3.8, 4) is 34.0 Å². The Kier molecular flexibility index (Phi) is 4.85. The van der Waals surface area contributed by atoms with Crippen LogP contribution in [0.3, 0.4) is 0 Å². The summed E-state index contributed by atoms with van der Waals surface area (Å²) in [7, 11) is 0. The smallest absolute Gasteiger partial charge is 0.135 e. The Bertz CT molecular complexity index is 2230. The highest BCUT2D eigenvalue weighted by Gasteiger charge is 2.21. The third-order valence-corrected chi connectivity index (χ3v) is 7.72. The number of pyridine rings is 1. The van der Waals surface area contributed by atoms with Crippen molar-refractivity contribution < 1.29 is 4.42 Å². The first-order chi connectivity index (χ1) is 19.8. The van der Waals surface area contributed by atoms with Gasteiger partial charge in [0.2, 0.25) is 0 Å². The molecule has 0 saturated carbocycles. The summed E-state index contributed by atoms with van der Waals surface area (Å²) in [5.74, 6) is 0. The molecule has 4 nitrogen and oxygen atoms in total. The monoisotopic (exact) mass is 511 g/mol. The maximum Gasteiger partial charge on any atom is 0.135 e. The molecule has 0 aliphatic carbocycles. The van der Waals surface area contributed by atoms with E-state index in [2.05, 4.69) is 88.4 Å². The van der Waals surface area contributed by atoms with Gasteiger partial charge in [0.15, 0.2) is 0 Å². The molecule has 0 bridgehead atoms. The fourth-order valence-corrected chi connectivity index (χ4v) is 5.94. The van der Waals surface area contributed by atoms with Gasteiger partial charge in [0.05, 0.1) is 22.3 Å². The fraction of sp³-hybridized carbons (Fsp3) is 0. The van der Waals surface area contributed by atoms with Crippen molar-refractivity contribution in [1.82, 2.24) is 9.55 Å². The van der Waals surface area contributed by atoms with Crippen molar-refractivity contribution in [2.75, 3.05) is 0 Å². The number of para-hydroxylation sites is 3. The number of aromatic nitrogens is 2. The van der Waals surface area contributed by atoms with Gasteiger partial charge in [-0.3, -0.25) is 4.98 Å². The number of fused-ring (bicyclic) bond motifs is 6. The summed E-state index contributed by atoms with van der Waals surface area (Å²) in [6.45, 7) is 0. The highest BCUT2D eigenvalue weighted by molar-refractivity contribution is 6.11. The number of nitriles is 1. The Morgan fingerprint density at radius 2 is 1.30 bits per heavy atom. The van der Waals surface area contributed by atoms with Gasteiger partial charge in [-0.05, 0) is 59.7 Å². The lowest BCUT2D eigenvalue weighted by Crippen LogP contribution is -2.02. The predicted molar refractivity (Wildman–Crippen MR) is 161 cm³/mol. The second-order valence-corrected chi connectivity index (χ2v) is 9.95. The standard InChI is InChI=1S/C36H21N3O/c37-21-26-18-25(24-8-7-17-38-22-24)20-30(23-15-16-35-31(19-23)29-11-3-6-14-34(29)40-35)36(26)39-32-12-4-1-9-27(32)28-10-2-5-13-33(28)39/h1-20,22H. The van der Waals surface area contributed by atoms with Gasteiger partial charge in [-0.2, -0.15) is 5.26 Å². The van der Waals surface area contributed by atoms with E-state index in [9.17, 15) is 5.26 Å². The summed E-state index contributed by atoms with van der Waals surface area (Å²) in [4.78, 5) is 4.34. The third-order valence-electron chi connectivity index (χ3n) is 7.72. The lowest BCUT2D eigenvalue weighted by molar-refractivity contribution is 0.669. The van der Waals surface area contributed by atoms with Crippen LogP contribution in [0.1, 0.15) is 5.56 Å². The van der Waals surface area contributed by atoms with Crippen molar-refractivity contribution in [3.05, 3.63) is 133 Å². The van der Waals surface area contributed by atoms with Gasteiger partial charge in [0.25, 0.3) is 0 Å². The summed E-state index contributed by atoms with van der Waals surface area (Å²) >= 11 is 0. The first kappa shape index (κ1) is 22.3. The fourth-order valence-electron chi connectivity index (χ4n) is 5.94. The summed E-state index contributed by atoms with van der Waals surface area (Å²) in [6, 6.07) is 41.8. The lowest BCUT2D eigenvalue weighted by Gasteiger charge is -2.18. The van der Waals surface area contributed by atoms with E-state index in [4.69, 9.17) is 4.42 Å². The zero-order valence-electron chi connectivity index (χ0n) is 21.4. The van der Waals surface area contributed by atoms with E-state index >= 15 is 0 Å². The Morgan fingerprint density at radius 1 is 0.600 bits per heavy atom. The average Bonchev–Trinajstić information content (AvgIpc) is 3.56. The van der Waals surface area contributed by atoms with Gasteiger partial charge in [0.1, 0.15) is 17.2 Å². The number of furan rings is 1. The van der Waals surface area contributed by atoms with E-state index in [-0.39, 0.29) is 0 Å². The van der Waals surface area contributed by atoms with Gasteiger partial charge in [0, 0.05) is 45.1 Å². The average molecular weight is 512 g/mol. The Morgan fingerprint density at radius 3 is 2.02 bits per heavy atom. The van der Waals surface area contributed by atoms with Gasteiger partial charge < -0.3 is 8.98 Å². The number of nitrogens with zero attached hydrogens (tertiary/aromatic N) is 3. The highest BCUT2D eigenvalue weighted by atomic mass is 16.3. The molecule has 0 saturated heterocycles. The van der Waals surface area contributed by atoms with Gasteiger partial charge in [-0.25, -0.2) is 0 Å². The van der Waals surface area contributed by atoms with Gasteiger partial charge in [-0.15, -0.1) is 0 Å². The van der Waals surface area contributed by atoms with Crippen LogP contribution in [0.25, 0.3) is 71.7 Å². The molecule has 8 aromatic rings. The first-order valence-corrected chi connectivity index (χ1v) is 13.2. The maximum atomic E-state index is 10.6. The molecule has 0 aliphatic rings. The van der Waals surface area contributed by atoms with E-state index in [1.165, 1.54) is 0 Å². The van der Waals surface area contributed by atoms with Crippen LogP contribution in [-0.4, -0.2) is 9.55 Å². The normalized spacial score (nSPS) is 11.5. The van der Waals surface area contributed by atoms with E-state index in [1.807, 2.05) is 48.7 Å². The molecule has 8 rings (SSSR count). The molecule has 186 valence electrons. The largest absolute Gasteiger partial charge is 0.456 e. The van der Waals surface area contributed by atoms with Crippen LogP contribution < -0.4 is 0 Å². The quantitative estimate of drug-likeness (QED) is 0.237. The van der Waals surface area contributed by atoms with Crippen LogP contribution in [-0.2, 0) is 0 Å². The molecule has 40 heavy (non-hydrogen) atoms. The Balaban J connectivity index is 1.52. The van der Waals surface area contributed by atoms with Crippen LogP contribution in [0.4, 0.5) is 0 Å². The molecule has 4 heteroatoms. The topological polar surface area (TPSA) is 54.8 Å². The second kappa shape index (κ2) is 8.69. The molecule has 0 radical (unpaired) electrons. The molecule has 0 N–H and O–H groups in total. The first-order valence-electron chi connectivity index (χ1n) is 13.2. The van der Waals surface area contributed by atoms with Crippen LogP contribution >= 0.6 is 0 Å². The van der Waals surface area contributed by atoms with Crippen LogP contribution in [0.2, 0.25) is 0 Å². The number of rotatable bonds is 3. The lowest BCUT2D eigenvalue weighted by atomic mass is 9.93. The highest BCUT2D eigenvalue weighted by Crippen LogP contribution is 2.41. The number of benzene rings is 5. The van der Waals surface area contributed by atoms with E-state index in [0.29, 0.717) is 5.56 Å². The molecule has 0 amide bonds. The minimum absolute atomic E-state index is 0.597. The van der Waals surface area contributed by atoms with Crippen molar-refractivity contribution in [2.24, 2.45) is 0 Å². The summed E-state index contributed by atoms with van der Waals surface area (Å²) in [5.41, 5.74) is 9.17. The van der Waals surface area contributed by atoms with Gasteiger partial charge in [-0.1, -0.05) is 66.7 Å². The zero-order chi connectivity index (χ0) is 26.6. The van der Waals surface area contributed by atoms with Crippen LogP contribution in [0, 0.1) is 11.3 Å². The zero-order valence-corrected chi connectivity index (χ0v) is 21.4. The molecule has 0 spiro atoms. The van der Waals surface area contributed by atoms with E-state index in [0.717, 1.165) is 71.7 Å². The molecule has 3 aromatic heterocycles.